The zero-order valence-corrected chi connectivity index (χ0v) is 15.1. The number of hydrogen-bond donors (Lipinski definition) is 2. The van der Waals surface area contributed by atoms with Gasteiger partial charge in [0.1, 0.15) is 5.60 Å². The van der Waals surface area contributed by atoms with Crippen molar-refractivity contribution in [1.29, 1.82) is 0 Å². The fourth-order valence-electron chi connectivity index (χ4n) is 1.61. The highest BCUT2D eigenvalue weighted by Crippen LogP contribution is 2.19. The van der Waals surface area contributed by atoms with Crippen LogP contribution in [-0.4, -0.2) is 70.1 Å². The largest absolute Gasteiger partial charge is 0.444 e. The zero-order valence-electron chi connectivity index (χ0n) is 15.1. The molecule has 0 heterocycles. The summed E-state index contributed by atoms with van der Waals surface area (Å²) < 4.78 is 20.8. The molecule has 0 bridgehead atoms. The number of methoxy groups -OCH3 is 1. The van der Waals surface area contributed by atoms with Crippen molar-refractivity contribution in [2.75, 3.05) is 53.3 Å². The summed E-state index contributed by atoms with van der Waals surface area (Å²) in [6.45, 7) is 10.2. The summed E-state index contributed by atoms with van der Waals surface area (Å²) in [5.74, 6) is 0. The molecule has 1 amide bonds. The SMILES string of the molecule is COCCOCCOCCC(C)(CO)CNC(=O)OC(C)(C)C. The van der Waals surface area contributed by atoms with Gasteiger partial charge >= 0.3 is 6.09 Å². The van der Waals surface area contributed by atoms with Gasteiger partial charge in [-0.05, 0) is 27.2 Å². The molecule has 138 valence electrons. The molecule has 2 N–H and O–H groups in total. The van der Waals surface area contributed by atoms with Crippen LogP contribution >= 0.6 is 0 Å². The molecule has 0 radical (unpaired) electrons. The molecule has 1 unspecified atom stereocenters. The smallest absolute Gasteiger partial charge is 0.407 e. The molecule has 0 aromatic carbocycles. The molecule has 0 aromatic heterocycles. The quantitative estimate of drug-likeness (QED) is 0.527. The lowest BCUT2D eigenvalue weighted by Crippen LogP contribution is -2.41. The monoisotopic (exact) mass is 335 g/mol. The van der Waals surface area contributed by atoms with Gasteiger partial charge in [-0.3, -0.25) is 0 Å². The highest BCUT2D eigenvalue weighted by molar-refractivity contribution is 5.67. The fourth-order valence-corrected chi connectivity index (χ4v) is 1.61. The van der Waals surface area contributed by atoms with Crippen LogP contribution in [-0.2, 0) is 18.9 Å². The van der Waals surface area contributed by atoms with Crippen molar-refractivity contribution < 1.29 is 28.8 Å². The van der Waals surface area contributed by atoms with E-state index in [4.69, 9.17) is 18.9 Å². The van der Waals surface area contributed by atoms with Gasteiger partial charge in [0.15, 0.2) is 0 Å². The Labute approximate surface area is 139 Å². The van der Waals surface area contributed by atoms with E-state index in [1.807, 2.05) is 6.92 Å². The Morgan fingerprint density at radius 3 is 2.09 bits per heavy atom. The first kappa shape index (κ1) is 22.1. The summed E-state index contributed by atoms with van der Waals surface area (Å²) in [5, 5.41) is 12.2. The molecule has 0 aliphatic rings. The molecule has 0 aromatic rings. The molecule has 7 heteroatoms. The first-order chi connectivity index (χ1) is 10.7. The summed E-state index contributed by atoms with van der Waals surface area (Å²) in [4.78, 5) is 11.6. The van der Waals surface area contributed by atoms with E-state index in [-0.39, 0.29) is 6.61 Å². The molecule has 1 atom stereocenters. The van der Waals surface area contributed by atoms with Crippen molar-refractivity contribution in [3.63, 3.8) is 0 Å². The van der Waals surface area contributed by atoms with E-state index >= 15 is 0 Å². The molecule has 0 aliphatic carbocycles. The second kappa shape index (κ2) is 11.6. The lowest BCUT2D eigenvalue weighted by Gasteiger charge is -2.28. The third-order valence-corrected chi connectivity index (χ3v) is 3.09. The Morgan fingerprint density at radius 1 is 1.00 bits per heavy atom. The van der Waals surface area contributed by atoms with E-state index in [1.165, 1.54) is 0 Å². The van der Waals surface area contributed by atoms with Crippen molar-refractivity contribution in [2.45, 2.75) is 39.7 Å². The third kappa shape index (κ3) is 13.3. The van der Waals surface area contributed by atoms with Crippen LogP contribution in [0.15, 0.2) is 0 Å². The Morgan fingerprint density at radius 2 is 1.57 bits per heavy atom. The Kier molecular flexibility index (Phi) is 11.2. The van der Waals surface area contributed by atoms with Crippen LogP contribution in [0.4, 0.5) is 4.79 Å². The van der Waals surface area contributed by atoms with Crippen molar-refractivity contribution in [3.05, 3.63) is 0 Å². The van der Waals surface area contributed by atoms with Gasteiger partial charge < -0.3 is 29.4 Å². The maximum absolute atomic E-state index is 11.6. The average Bonchev–Trinajstić information content (AvgIpc) is 2.46. The molecular formula is C16H33NO6. The van der Waals surface area contributed by atoms with Crippen molar-refractivity contribution in [2.24, 2.45) is 5.41 Å². The minimum Gasteiger partial charge on any atom is -0.444 e. The van der Waals surface area contributed by atoms with Gasteiger partial charge in [-0.2, -0.15) is 0 Å². The highest BCUT2D eigenvalue weighted by Gasteiger charge is 2.25. The first-order valence-electron chi connectivity index (χ1n) is 7.94. The van der Waals surface area contributed by atoms with Crippen LogP contribution < -0.4 is 5.32 Å². The topological polar surface area (TPSA) is 86.3 Å². The molecule has 0 rings (SSSR count). The van der Waals surface area contributed by atoms with Crippen LogP contribution in [0, 0.1) is 5.41 Å². The minimum absolute atomic E-state index is 0.0451. The van der Waals surface area contributed by atoms with Crippen LogP contribution in [0.2, 0.25) is 0 Å². The third-order valence-electron chi connectivity index (χ3n) is 3.09. The number of aliphatic hydroxyl groups excluding tert-OH is 1. The van der Waals surface area contributed by atoms with E-state index in [1.54, 1.807) is 27.9 Å². The van der Waals surface area contributed by atoms with E-state index in [0.29, 0.717) is 46.0 Å². The van der Waals surface area contributed by atoms with Crippen LogP contribution in [0.5, 0.6) is 0 Å². The lowest BCUT2D eigenvalue weighted by molar-refractivity contribution is 0.0108. The average molecular weight is 335 g/mol. The zero-order chi connectivity index (χ0) is 17.8. The Hall–Kier alpha value is -0.890. The van der Waals surface area contributed by atoms with Gasteiger partial charge in [0, 0.05) is 25.7 Å². The molecule has 7 nitrogen and oxygen atoms in total. The molecule has 0 aliphatic heterocycles. The number of ether oxygens (including phenoxy) is 4. The highest BCUT2D eigenvalue weighted by atomic mass is 16.6. The Bertz CT molecular complexity index is 318. The van der Waals surface area contributed by atoms with E-state index < -0.39 is 17.1 Å². The van der Waals surface area contributed by atoms with E-state index in [9.17, 15) is 9.90 Å². The van der Waals surface area contributed by atoms with Gasteiger partial charge in [-0.15, -0.1) is 0 Å². The van der Waals surface area contributed by atoms with Gasteiger partial charge in [0.05, 0.1) is 33.0 Å². The number of alkyl carbamates (subject to hydrolysis) is 1. The number of nitrogens with one attached hydrogen (secondary N) is 1. The molecule has 0 fully saturated rings. The molecular weight excluding hydrogens is 302 g/mol. The Balaban J connectivity index is 3.86. The second-order valence-corrected chi connectivity index (χ2v) is 6.79. The van der Waals surface area contributed by atoms with Gasteiger partial charge in [-0.1, -0.05) is 6.92 Å². The molecule has 23 heavy (non-hydrogen) atoms. The van der Waals surface area contributed by atoms with Gasteiger partial charge in [0.25, 0.3) is 0 Å². The number of carbonyl (C=O) groups excluding carboxylic acids is 1. The van der Waals surface area contributed by atoms with Crippen LogP contribution in [0.1, 0.15) is 34.1 Å². The van der Waals surface area contributed by atoms with Gasteiger partial charge in [-0.25, -0.2) is 4.79 Å². The normalized spacial score (nSPS) is 14.3. The number of rotatable bonds is 12. The minimum atomic E-state index is -0.536. The standard InChI is InChI=1S/C16H33NO6/c1-15(2,3)23-14(19)17-12-16(4,13-18)6-7-21-10-11-22-9-8-20-5/h18H,6-13H2,1-5H3,(H,17,19). The van der Waals surface area contributed by atoms with Crippen molar-refractivity contribution >= 4 is 6.09 Å². The van der Waals surface area contributed by atoms with Crippen molar-refractivity contribution in [3.8, 4) is 0 Å². The first-order valence-corrected chi connectivity index (χ1v) is 7.94. The summed E-state index contributed by atoms with van der Waals surface area (Å²) in [6.07, 6.45) is 0.141. The predicted octanol–water partition coefficient (Wildman–Crippen LogP) is 1.58. The summed E-state index contributed by atoms with van der Waals surface area (Å²) in [6, 6.07) is 0. The predicted molar refractivity (Wildman–Crippen MR) is 87.6 cm³/mol. The number of amides is 1. The van der Waals surface area contributed by atoms with Crippen LogP contribution in [0.25, 0.3) is 0 Å². The molecule has 0 spiro atoms. The van der Waals surface area contributed by atoms with Gasteiger partial charge in [0.2, 0.25) is 0 Å². The van der Waals surface area contributed by atoms with E-state index in [0.717, 1.165) is 0 Å². The lowest BCUT2D eigenvalue weighted by atomic mass is 9.88. The molecule has 0 saturated carbocycles. The number of hydrogen-bond acceptors (Lipinski definition) is 6. The van der Waals surface area contributed by atoms with Crippen molar-refractivity contribution in [1.82, 2.24) is 5.32 Å². The molecule has 0 saturated heterocycles. The number of carbonyl (C=O) groups is 1. The second-order valence-electron chi connectivity index (χ2n) is 6.79. The summed E-state index contributed by atoms with van der Waals surface area (Å²) >= 11 is 0. The van der Waals surface area contributed by atoms with E-state index in [2.05, 4.69) is 5.32 Å². The number of aliphatic hydroxyl groups is 1. The van der Waals surface area contributed by atoms with Crippen LogP contribution in [0.3, 0.4) is 0 Å². The maximum Gasteiger partial charge on any atom is 0.407 e. The summed E-state index contributed by atoms with van der Waals surface area (Å²) in [5.41, 5.74) is -0.987. The maximum atomic E-state index is 11.6. The fraction of sp³-hybridized carbons (Fsp3) is 0.938. The summed E-state index contributed by atoms with van der Waals surface area (Å²) in [7, 11) is 1.63.